The van der Waals surface area contributed by atoms with Crippen molar-refractivity contribution in [2.24, 2.45) is 28.6 Å². The van der Waals surface area contributed by atoms with E-state index in [-0.39, 0.29) is 16.6 Å². The summed E-state index contributed by atoms with van der Waals surface area (Å²) in [6.07, 6.45) is 16.6. The van der Waals surface area contributed by atoms with Gasteiger partial charge in [-0.25, -0.2) is 0 Å². The monoisotopic (exact) mass is 356 g/mol. The third-order valence-corrected chi connectivity index (χ3v) is 9.31. The van der Waals surface area contributed by atoms with Crippen molar-refractivity contribution >= 4 is 0 Å². The Hall–Kier alpha value is -0.820. The fourth-order valence-electron chi connectivity index (χ4n) is 7.60. The van der Waals surface area contributed by atoms with Crippen LogP contribution in [0.2, 0.25) is 0 Å². The molecule has 3 saturated carbocycles. The first-order valence-corrected chi connectivity index (χ1v) is 10.5. The minimum absolute atomic E-state index is 0.113. The normalized spacial score (nSPS) is 51.9. The van der Waals surface area contributed by atoms with Gasteiger partial charge in [-0.05, 0) is 61.7 Å². The van der Waals surface area contributed by atoms with Crippen molar-refractivity contribution in [2.45, 2.75) is 76.6 Å². The molecule has 26 heavy (non-hydrogen) atoms. The highest BCUT2D eigenvalue weighted by Gasteiger charge is 2.64. The molecule has 4 aliphatic carbocycles. The van der Waals surface area contributed by atoms with Gasteiger partial charge in [-0.1, -0.05) is 31.4 Å². The summed E-state index contributed by atoms with van der Waals surface area (Å²) in [6, 6.07) is 0. The van der Waals surface area contributed by atoms with Crippen LogP contribution in [0, 0.1) is 40.9 Å². The molecule has 5 rings (SSSR count). The highest BCUT2D eigenvalue weighted by molar-refractivity contribution is 5.29. The lowest BCUT2D eigenvalue weighted by Gasteiger charge is -2.59. The molecule has 1 heterocycles. The van der Waals surface area contributed by atoms with Gasteiger partial charge in [0.2, 0.25) is 0 Å². The first-order valence-electron chi connectivity index (χ1n) is 10.5. The number of ether oxygens (including phenoxy) is 2. The average Bonchev–Trinajstić information content (AvgIpc) is 3.19. The van der Waals surface area contributed by atoms with Gasteiger partial charge in [-0.15, -0.1) is 6.42 Å². The average molecular weight is 357 g/mol. The van der Waals surface area contributed by atoms with Gasteiger partial charge in [0.05, 0.1) is 13.2 Å². The Bertz CT molecular complexity index is 684. The third-order valence-electron chi connectivity index (χ3n) is 9.31. The molecule has 0 unspecified atom stereocenters. The standard InChI is InChI=1S/C23H32O3/c1-4-22(24)10-8-19-17-6-5-16-15-23(25-13-14-26-23)12-11-20(16,2)18(17)7-9-21(19,22)3/h1,5,17-19,24H,6-15H2,2-3H3/t17-,18+,19+,20+,21+,22+/m1/s1. The Morgan fingerprint density at radius 1 is 1.08 bits per heavy atom. The van der Waals surface area contributed by atoms with Crippen LogP contribution in [0.25, 0.3) is 0 Å². The molecule has 0 radical (unpaired) electrons. The zero-order valence-electron chi connectivity index (χ0n) is 16.2. The van der Waals surface area contributed by atoms with Gasteiger partial charge >= 0.3 is 0 Å². The highest BCUT2D eigenvalue weighted by Crippen LogP contribution is 2.67. The summed E-state index contributed by atoms with van der Waals surface area (Å²) in [5, 5.41) is 11.1. The lowest BCUT2D eigenvalue weighted by molar-refractivity contribution is -0.186. The van der Waals surface area contributed by atoms with Crippen LogP contribution in [0.3, 0.4) is 0 Å². The van der Waals surface area contributed by atoms with Crippen LogP contribution in [0.15, 0.2) is 11.6 Å². The van der Waals surface area contributed by atoms with Crippen LogP contribution in [0.1, 0.15) is 65.2 Å². The van der Waals surface area contributed by atoms with Gasteiger partial charge in [0.15, 0.2) is 5.79 Å². The predicted octanol–water partition coefficient (Wildman–Crippen LogP) is 4.06. The quantitative estimate of drug-likeness (QED) is 0.525. The molecule has 0 aromatic carbocycles. The fraction of sp³-hybridized carbons (Fsp3) is 0.826. The number of terminal acetylenes is 1. The largest absolute Gasteiger partial charge is 0.377 e. The maximum atomic E-state index is 11.1. The summed E-state index contributed by atoms with van der Waals surface area (Å²) >= 11 is 0. The Kier molecular flexibility index (Phi) is 3.57. The van der Waals surface area contributed by atoms with E-state index < -0.39 is 5.60 Å². The molecule has 3 heteroatoms. The van der Waals surface area contributed by atoms with Gasteiger partial charge in [0.1, 0.15) is 5.60 Å². The molecule has 142 valence electrons. The second kappa shape index (κ2) is 5.37. The molecule has 4 fully saturated rings. The molecule has 6 atom stereocenters. The Balaban J connectivity index is 1.47. The lowest BCUT2D eigenvalue weighted by Crippen LogP contribution is -2.55. The molecule has 1 spiro atoms. The smallest absolute Gasteiger partial charge is 0.172 e. The van der Waals surface area contributed by atoms with Gasteiger partial charge in [0.25, 0.3) is 0 Å². The molecule has 0 aromatic rings. The Morgan fingerprint density at radius 3 is 2.54 bits per heavy atom. The number of fused-ring (bicyclic) bond motifs is 5. The molecule has 0 aromatic heterocycles. The summed E-state index contributed by atoms with van der Waals surface area (Å²) in [5.74, 6) is 4.36. The van der Waals surface area contributed by atoms with Crippen LogP contribution in [-0.4, -0.2) is 29.7 Å². The van der Waals surface area contributed by atoms with E-state index in [1.54, 1.807) is 5.57 Å². The van der Waals surface area contributed by atoms with E-state index in [1.165, 1.54) is 6.42 Å². The van der Waals surface area contributed by atoms with Crippen molar-refractivity contribution in [2.75, 3.05) is 13.2 Å². The molecule has 0 bridgehead atoms. The molecule has 1 N–H and O–H groups in total. The van der Waals surface area contributed by atoms with E-state index in [1.807, 2.05) is 0 Å². The van der Waals surface area contributed by atoms with Crippen molar-refractivity contribution in [3.05, 3.63) is 11.6 Å². The molecule has 1 saturated heterocycles. The maximum Gasteiger partial charge on any atom is 0.172 e. The summed E-state index contributed by atoms with van der Waals surface area (Å²) in [7, 11) is 0. The van der Waals surface area contributed by atoms with Crippen LogP contribution in [-0.2, 0) is 9.47 Å². The van der Waals surface area contributed by atoms with Gasteiger partial charge < -0.3 is 14.6 Å². The van der Waals surface area contributed by atoms with E-state index in [4.69, 9.17) is 15.9 Å². The topological polar surface area (TPSA) is 38.7 Å². The van der Waals surface area contributed by atoms with Crippen molar-refractivity contribution in [1.29, 1.82) is 0 Å². The Morgan fingerprint density at radius 2 is 1.81 bits per heavy atom. The van der Waals surface area contributed by atoms with E-state index >= 15 is 0 Å². The SMILES string of the molecule is C#C[C@]1(O)CC[C@H]2[C@@H]3CC=C4CC5(CC[C@]4(C)[C@H]3CC[C@@]21C)OCCO5. The molecular formula is C23H32O3. The third kappa shape index (κ3) is 2.02. The summed E-state index contributed by atoms with van der Waals surface area (Å²) in [4.78, 5) is 0. The van der Waals surface area contributed by atoms with E-state index in [0.717, 1.165) is 58.2 Å². The molecule has 5 aliphatic rings. The molecule has 0 amide bonds. The predicted molar refractivity (Wildman–Crippen MR) is 100 cm³/mol. The highest BCUT2D eigenvalue weighted by atomic mass is 16.7. The van der Waals surface area contributed by atoms with Crippen LogP contribution in [0.5, 0.6) is 0 Å². The Labute approximate surface area is 157 Å². The minimum atomic E-state index is -0.907. The number of aliphatic hydroxyl groups is 1. The van der Waals surface area contributed by atoms with Crippen LogP contribution >= 0.6 is 0 Å². The maximum absolute atomic E-state index is 11.1. The van der Waals surface area contributed by atoms with Crippen molar-refractivity contribution in [3.63, 3.8) is 0 Å². The first-order chi connectivity index (χ1) is 12.4. The van der Waals surface area contributed by atoms with Gasteiger partial charge in [0, 0.05) is 18.3 Å². The number of allylic oxidation sites excluding steroid dienone is 1. The summed E-state index contributed by atoms with van der Waals surface area (Å²) in [5.41, 5.74) is 0.816. The zero-order chi connectivity index (χ0) is 18.2. The van der Waals surface area contributed by atoms with E-state index in [2.05, 4.69) is 25.8 Å². The molecular weight excluding hydrogens is 324 g/mol. The summed E-state index contributed by atoms with van der Waals surface area (Å²) < 4.78 is 12.0. The second-order valence-electron chi connectivity index (χ2n) is 10.0. The van der Waals surface area contributed by atoms with E-state index in [9.17, 15) is 5.11 Å². The van der Waals surface area contributed by atoms with E-state index in [0.29, 0.717) is 17.8 Å². The lowest BCUT2D eigenvalue weighted by atomic mass is 9.47. The molecule has 3 nitrogen and oxygen atoms in total. The zero-order valence-corrected chi connectivity index (χ0v) is 16.2. The number of hydrogen-bond acceptors (Lipinski definition) is 3. The van der Waals surface area contributed by atoms with Gasteiger partial charge in [-0.3, -0.25) is 0 Å². The molecule has 1 aliphatic heterocycles. The van der Waals surface area contributed by atoms with Crippen molar-refractivity contribution in [1.82, 2.24) is 0 Å². The minimum Gasteiger partial charge on any atom is -0.377 e. The second-order valence-corrected chi connectivity index (χ2v) is 10.0. The fourth-order valence-corrected chi connectivity index (χ4v) is 7.60. The number of rotatable bonds is 0. The summed E-state index contributed by atoms with van der Waals surface area (Å²) in [6.45, 7) is 6.23. The van der Waals surface area contributed by atoms with Gasteiger partial charge in [-0.2, -0.15) is 0 Å². The van der Waals surface area contributed by atoms with Crippen molar-refractivity contribution < 1.29 is 14.6 Å². The van der Waals surface area contributed by atoms with Crippen LogP contribution < -0.4 is 0 Å². The number of hydrogen-bond donors (Lipinski definition) is 1. The van der Waals surface area contributed by atoms with Crippen LogP contribution in [0.4, 0.5) is 0 Å². The first kappa shape index (κ1) is 17.3. The van der Waals surface area contributed by atoms with Crippen molar-refractivity contribution in [3.8, 4) is 12.3 Å².